The van der Waals surface area contributed by atoms with Crippen molar-refractivity contribution in [2.24, 2.45) is 0 Å². The third kappa shape index (κ3) is 5.00. The second-order valence-corrected chi connectivity index (χ2v) is 5.43. The molecule has 0 aliphatic heterocycles. The molecule has 0 heterocycles. The number of amides is 2. The van der Waals surface area contributed by atoms with Crippen LogP contribution in [-0.4, -0.2) is 29.1 Å². The van der Waals surface area contributed by atoms with Crippen LogP contribution in [0.2, 0.25) is 10.0 Å². The van der Waals surface area contributed by atoms with Gasteiger partial charge >= 0.3 is 11.8 Å². The number of halogens is 2. The molecule has 1 rings (SSSR count). The van der Waals surface area contributed by atoms with Crippen molar-refractivity contribution in [2.45, 2.75) is 25.9 Å². The lowest BCUT2D eigenvalue weighted by Crippen LogP contribution is -2.44. The SMILES string of the molecule is CC[C@@](C)(O)CNC(=O)C(=O)Nc1ccc(Cl)c(Cl)c1. The lowest BCUT2D eigenvalue weighted by molar-refractivity contribution is -0.136. The number of hydrogen-bond acceptors (Lipinski definition) is 3. The van der Waals surface area contributed by atoms with E-state index in [1.54, 1.807) is 13.8 Å². The second kappa shape index (κ2) is 6.92. The zero-order valence-corrected chi connectivity index (χ0v) is 12.7. The van der Waals surface area contributed by atoms with Gasteiger partial charge in [-0.25, -0.2) is 0 Å². The molecule has 0 aliphatic carbocycles. The highest BCUT2D eigenvalue weighted by Crippen LogP contribution is 2.24. The van der Waals surface area contributed by atoms with Crippen molar-refractivity contribution in [3.05, 3.63) is 28.2 Å². The lowest BCUT2D eigenvalue weighted by Gasteiger charge is -2.21. The topological polar surface area (TPSA) is 78.4 Å². The first-order chi connectivity index (χ1) is 9.25. The van der Waals surface area contributed by atoms with Gasteiger partial charge in [-0.15, -0.1) is 0 Å². The summed E-state index contributed by atoms with van der Waals surface area (Å²) in [4.78, 5) is 23.2. The van der Waals surface area contributed by atoms with E-state index in [1.165, 1.54) is 18.2 Å². The number of hydrogen-bond donors (Lipinski definition) is 3. The molecular formula is C13H16Cl2N2O3. The molecule has 20 heavy (non-hydrogen) atoms. The van der Waals surface area contributed by atoms with Crippen LogP contribution >= 0.6 is 23.2 Å². The summed E-state index contributed by atoms with van der Waals surface area (Å²) in [6, 6.07) is 4.48. The summed E-state index contributed by atoms with van der Waals surface area (Å²) < 4.78 is 0. The minimum absolute atomic E-state index is 0.00285. The molecule has 0 saturated carbocycles. The Morgan fingerprint density at radius 2 is 1.90 bits per heavy atom. The first kappa shape index (κ1) is 16.8. The average Bonchev–Trinajstić information content (AvgIpc) is 2.40. The highest BCUT2D eigenvalue weighted by atomic mass is 35.5. The molecule has 1 aromatic rings. The van der Waals surface area contributed by atoms with Crippen LogP contribution in [0, 0.1) is 0 Å². The zero-order chi connectivity index (χ0) is 15.3. The van der Waals surface area contributed by atoms with Gasteiger partial charge in [0.1, 0.15) is 0 Å². The molecular weight excluding hydrogens is 303 g/mol. The number of nitrogens with one attached hydrogen (secondary N) is 2. The van der Waals surface area contributed by atoms with E-state index in [0.717, 1.165) is 0 Å². The maximum Gasteiger partial charge on any atom is 0.313 e. The first-order valence-electron chi connectivity index (χ1n) is 6.02. The van der Waals surface area contributed by atoms with Gasteiger partial charge in [-0.2, -0.15) is 0 Å². The van der Waals surface area contributed by atoms with Crippen molar-refractivity contribution >= 4 is 40.7 Å². The van der Waals surface area contributed by atoms with Crippen LogP contribution in [0.5, 0.6) is 0 Å². The van der Waals surface area contributed by atoms with Gasteiger partial charge < -0.3 is 15.7 Å². The van der Waals surface area contributed by atoms with E-state index in [1.807, 2.05) is 0 Å². The highest BCUT2D eigenvalue weighted by molar-refractivity contribution is 6.42. The van der Waals surface area contributed by atoms with Gasteiger partial charge in [0.05, 0.1) is 15.6 Å². The smallest absolute Gasteiger partial charge is 0.313 e. The normalized spacial score (nSPS) is 13.4. The zero-order valence-electron chi connectivity index (χ0n) is 11.2. The number of carbonyl (C=O) groups is 2. The molecule has 0 spiro atoms. The molecule has 5 nitrogen and oxygen atoms in total. The Balaban J connectivity index is 2.58. The Labute approximate surface area is 127 Å². The molecule has 1 aromatic carbocycles. The highest BCUT2D eigenvalue weighted by Gasteiger charge is 2.21. The molecule has 0 fully saturated rings. The molecule has 1 atom stereocenters. The number of carbonyl (C=O) groups excluding carboxylic acids is 2. The molecule has 3 N–H and O–H groups in total. The van der Waals surface area contributed by atoms with E-state index in [0.29, 0.717) is 17.1 Å². The van der Waals surface area contributed by atoms with Crippen LogP contribution in [0.15, 0.2) is 18.2 Å². The molecule has 0 aromatic heterocycles. The summed E-state index contributed by atoms with van der Waals surface area (Å²) in [5, 5.41) is 15.1. The number of aliphatic hydroxyl groups is 1. The van der Waals surface area contributed by atoms with E-state index in [4.69, 9.17) is 23.2 Å². The van der Waals surface area contributed by atoms with Gasteiger partial charge in [0.2, 0.25) is 0 Å². The largest absolute Gasteiger partial charge is 0.388 e. The minimum Gasteiger partial charge on any atom is -0.388 e. The van der Waals surface area contributed by atoms with Gasteiger partial charge in [0, 0.05) is 12.2 Å². The summed E-state index contributed by atoms with van der Waals surface area (Å²) >= 11 is 11.5. The number of benzene rings is 1. The monoisotopic (exact) mass is 318 g/mol. The van der Waals surface area contributed by atoms with Crippen molar-refractivity contribution in [3.8, 4) is 0 Å². The van der Waals surface area contributed by atoms with Crippen LogP contribution in [0.25, 0.3) is 0 Å². The van der Waals surface area contributed by atoms with Crippen molar-refractivity contribution < 1.29 is 14.7 Å². The van der Waals surface area contributed by atoms with Crippen LogP contribution in [0.4, 0.5) is 5.69 Å². The van der Waals surface area contributed by atoms with Crippen molar-refractivity contribution in [1.82, 2.24) is 5.32 Å². The Morgan fingerprint density at radius 3 is 2.45 bits per heavy atom. The molecule has 2 amide bonds. The summed E-state index contributed by atoms with van der Waals surface area (Å²) in [6.45, 7) is 3.35. The number of rotatable bonds is 4. The van der Waals surface area contributed by atoms with Crippen molar-refractivity contribution in [2.75, 3.05) is 11.9 Å². The fraction of sp³-hybridized carbons (Fsp3) is 0.385. The molecule has 0 bridgehead atoms. The van der Waals surface area contributed by atoms with E-state index in [-0.39, 0.29) is 11.6 Å². The Kier molecular flexibility index (Phi) is 5.80. The standard InChI is InChI=1S/C13H16Cl2N2O3/c1-3-13(2,20)7-16-11(18)12(19)17-8-4-5-9(14)10(15)6-8/h4-6,20H,3,7H2,1-2H3,(H,16,18)(H,17,19)/t13-/m1/s1. The molecule has 0 aliphatic rings. The Morgan fingerprint density at radius 1 is 1.25 bits per heavy atom. The van der Waals surface area contributed by atoms with E-state index >= 15 is 0 Å². The molecule has 110 valence electrons. The Hall–Kier alpha value is -1.30. The van der Waals surface area contributed by atoms with Crippen molar-refractivity contribution in [3.63, 3.8) is 0 Å². The number of anilines is 1. The molecule has 0 saturated heterocycles. The van der Waals surface area contributed by atoms with E-state index in [2.05, 4.69) is 10.6 Å². The van der Waals surface area contributed by atoms with Gasteiger partial charge in [-0.05, 0) is 31.5 Å². The predicted molar refractivity (Wildman–Crippen MR) is 79.0 cm³/mol. The van der Waals surface area contributed by atoms with Crippen LogP contribution in [0.3, 0.4) is 0 Å². The third-order valence-corrected chi connectivity index (χ3v) is 3.51. The van der Waals surface area contributed by atoms with Crippen LogP contribution < -0.4 is 10.6 Å². The maximum atomic E-state index is 11.6. The van der Waals surface area contributed by atoms with Crippen LogP contribution in [-0.2, 0) is 9.59 Å². The summed E-state index contributed by atoms with van der Waals surface area (Å²) in [5.41, 5.74) is -0.679. The predicted octanol–water partition coefficient (Wildman–Crippen LogP) is 2.21. The van der Waals surface area contributed by atoms with E-state index < -0.39 is 17.4 Å². The Bertz CT molecular complexity index is 518. The van der Waals surface area contributed by atoms with Crippen molar-refractivity contribution in [1.29, 1.82) is 0 Å². The van der Waals surface area contributed by atoms with Gasteiger partial charge in [-0.3, -0.25) is 9.59 Å². The second-order valence-electron chi connectivity index (χ2n) is 4.62. The van der Waals surface area contributed by atoms with Gasteiger partial charge in [-0.1, -0.05) is 30.1 Å². The third-order valence-electron chi connectivity index (χ3n) is 2.78. The fourth-order valence-electron chi connectivity index (χ4n) is 1.24. The quantitative estimate of drug-likeness (QED) is 0.745. The lowest BCUT2D eigenvalue weighted by atomic mass is 10.0. The molecule has 7 heteroatoms. The first-order valence-corrected chi connectivity index (χ1v) is 6.77. The summed E-state index contributed by atoms with van der Waals surface area (Å²) in [5.74, 6) is -1.67. The molecule has 0 radical (unpaired) electrons. The van der Waals surface area contributed by atoms with Gasteiger partial charge in [0.25, 0.3) is 0 Å². The minimum atomic E-state index is -1.04. The summed E-state index contributed by atoms with van der Waals surface area (Å²) in [7, 11) is 0. The average molecular weight is 319 g/mol. The maximum absolute atomic E-state index is 11.6. The summed E-state index contributed by atoms with van der Waals surface area (Å²) in [6.07, 6.45) is 0.460. The van der Waals surface area contributed by atoms with Gasteiger partial charge in [0.15, 0.2) is 0 Å². The van der Waals surface area contributed by atoms with E-state index in [9.17, 15) is 14.7 Å². The van der Waals surface area contributed by atoms with Crippen LogP contribution in [0.1, 0.15) is 20.3 Å². The fourth-order valence-corrected chi connectivity index (χ4v) is 1.54. The molecule has 0 unspecified atom stereocenters.